The highest BCUT2D eigenvalue weighted by Crippen LogP contribution is 1.96. The zero-order valence-corrected chi connectivity index (χ0v) is 13.0. The normalized spacial score (nSPS) is 17.1. The average molecular weight is 243 g/mol. The molecule has 2 nitrogen and oxygen atoms in total. The van der Waals surface area contributed by atoms with Crippen molar-refractivity contribution in [1.82, 2.24) is 8.88 Å². The molecule has 0 bridgehead atoms. The molecule has 0 aromatic carbocycles. The fourth-order valence-corrected chi connectivity index (χ4v) is 9.49. The summed E-state index contributed by atoms with van der Waals surface area (Å²) in [6, 6.07) is 0. The Kier molecular flexibility index (Phi) is 7.02. The molecule has 0 heterocycles. The van der Waals surface area contributed by atoms with Gasteiger partial charge in [0.2, 0.25) is 0 Å². The number of nitrogens with zero attached hydrogens (tertiary/aromatic N) is 1. The van der Waals surface area contributed by atoms with Crippen LogP contribution < -0.4 is 4.65 Å². The van der Waals surface area contributed by atoms with Crippen LogP contribution in [0.25, 0.3) is 0 Å². The Balaban J connectivity index is 4.31. The van der Waals surface area contributed by atoms with Crippen LogP contribution in [-0.4, -0.2) is 38.3 Å². The predicted octanol–water partition coefficient (Wildman–Crippen LogP) is 0.611. The molecule has 0 aliphatic heterocycles. The molecular weight excluding hydrogens is 220 g/mol. The summed E-state index contributed by atoms with van der Waals surface area (Å²) in [5.74, 6) is 0. The Morgan fingerprint density at radius 2 is 1.64 bits per heavy atom. The predicted molar refractivity (Wildman–Crippen MR) is 74.7 cm³/mol. The molecule has 0 saturated heterocycles. The van der Waals surface area contributed by atoms with E-state index in [1.54, 1.807) is 0 Å². The Morgan fingerprint density at radius 3 is 2.00 bits per heavy atom. The second kappa shape index (κ2) is 7.13. The van der Waals surface area contributed by atoms with Crippen LogP contribution in [0.3, 0.4) is 0 Å². The van der Waals surface area contributed by atoms with E-state index in [1.807, 2.05) is 0 Å². The summed E-state index contributed by atoms with van der Waals surface area (Å²) < 4.78 is 6.17. The SMILES string of the molecule is C=C[SiH](C)N[SiH](C=C)N(C)[SiH](C)C=C. The fraction of sp³-hybridized carbons (Fsp3) is 0.333. The van der Waals surface area contributed by atoms with Gasteiger partial charge in [0.25, 0.3) is 0 Å². The van der Waals surface area contributed by atoms with Crippen LogP contribution in [0.2, 0.25) is 13.1 Å². The van der Waals surface area contributed by atoms with Crippen LogP contribution in [0.4, 0.5) is 0 Å². The molecule has 0 spiro atoms. The first-order chi connectivity index (χ1) is 6.56. The Morgan fingerprint density at radius 1 is 1.07 bits per heavy atom. The Labute approximate surface area is 93.2 Å². The van der Waals surface area contributed by atoms with Crippen molar-refractivity contribution in [3.05, 3.63) is 36.8 Å². The third-order valence-electron chi connectivity index (χ3n) is 2.43. The topological polar surface area (TPSA) is 15.3 Å². The minimum atomic E-state index is -1.13. The molecule has 0 aromatic rings. The van der Waals surface area contributed by atoms with Crippen LogP contribution in [0.1, 0.15) is 0 Å². The van der Waals surface area contributed by atoms with E-state index in [2.05, 4.69) is 65.9 Å². The summed E-state index contributed by atoms with van der Waals surface area (Å²) in [6.45, 7) is 16.2. The summed E-state index contributed by atoms with van der Waals surface area (Å²) in [5.41, 5.74) is 6.27. The molecule has 14 heavy (non-hydrogen) atoms. The van der Waals surface area contributed by atoms with Gasteiger partial charge in [0, 0.05) is 0 Å². The smallest absolute Gasteiger partial charge is 0.198 e. The van der Waals surface area contributed by atoms with Gasteiger partial charge in [-0.1, -0.05) is 30.2 Å². The molecular formula is C9H22N2Si3. The van der Waals surface area contributed by atoms with Gasteiger partial charge in [-0.3, -0.25) is 0 Å². The number of hydrogen-bond acceptors (Lipinski definition) is 2. The van der Waals surface area contributed by atoms with E-state index in [4.69, 9.17) is 0 Å². The van der Waals surface area contributed by atoms with Gasteiger partial charge in [0.15, 0.2) is 9.12 Å². The van der Waals surface area contributed by atoms with Crippen LogP contribution in [0, 0.1) is 0 Å². The zero-order valence-electron chi connectivity index (χ0n) is 9.53. The summed E-state index contributed by atoms with van der Waals surface area (Å²) in [5, 5.41) is 0. The number of hydrogen-bond donors (Lipinski definition) is 1. The van der Waals surface area contributed by atoms with Gasteiger partial charge in [-0.2, -0.15) is 0 Å². The van der Waals surface area contributed by atoms with Crippen molar-refractivity contribution in [3.63, 3.8) is 0 Å². The minimum Gasteiger partial charge on any atom is -0.346 e. The van der Waals surface area contributed by atoms with Gasteiger partial charge in [0.1, 0.15) is 17.9 Å². The van der Waals surface area contributed by atoms with Crippen molar-refractivity contribution in [2.75, 3.05) is 7.05 Å². The molecule has 5 heteroatoms. The highest BCUT2D eigenvalue weighted by atomic mass is 28.4. The minimum absolute atomic E-state index is 0.908. The lowest BCUT2D eigenvalue weighted by Crippen LogP contribution is -2.55. The molecule has 0 amide bonds. The van der Waals surface area contributed by atoms with Crippen molar-refractivity contribution < 1.29 is 0 Å². The van der Waals surface area contributed by atoms with Crippen molar-refractivity contribution >= 4 is 27.0 Å². The molecule has 0 radical (unpaired) electrons. The highest BCUT2D eigenvalue weighted by molar-refractivity contribution is 6.82. The van der Waals surface area contributed by atoms with Gasteiger partial charge in [-0.05, 0) is 7.05 Å². The number of nitrogens with one attached hydrogen (secondary N) is 1. The van der Waals surface area contributed by atoms with Gasteiger partial charge in [-0.25, -0.2) is 0 Å². The molecule has 3 atom stereocenters. The van der Waals surface area contributed by atoms with Crippen LogP contribution in [0.15, 0.2) is 36.8 Å². The summed E-state index contributed by atoms with van der Waals surface area (Å²) in [7, 11) is -0.763. The molecule has 0 aliphatic carbocycles. The summed E-state index contributed by atoms with van der Waals surface area (Å²) in [6.07, 6.45) is 0. The summed E-state index contributed by atoms with van der Waals surface area (Å²) in [4.78, 5) is 0. The van der Waals surface area contributed by atoms with Gasteiger partial charge < -0.3 is 8.88 Å². The average Bonchev–Trinajstić information content (AvgIpc) is 2.23. The lowest BCUT2D eigenvalue weighted by molar-refractivity contribution is 0.805. The second-order valence-corrected chi connectivity index (χ2v) is 12.4. The van der Waals surface area contributed by atoms with E-state index < -0.39 is 27.0 Å². The lowest BCUT2D eigenvalue weighted by Gasteiger charge is -2.29. The molecule has 3 unspecified atom stereocenters. The molecule has 0 saturated carbocycles. The summed E-state index contributed by atoms with van der Waals surface area (Å²) >= 11 is 0. The standard InChI is InChI=1S/C9H22N2Si3/c1-7-12(5)10-14(9-3)11(4)13(6)8-2/h7-10,12-14H,1-3H2,4-6H3. The first kappa shape index (κ1) is 13.8. The molecule has 1 N–H and O–H groups in total. The monoisotopic (exact) mass is 242 g/mol. The molecule has 0 rings (SSSR count). The lowest BCUT2D eigenvalue weighted by atomic mass is 11.3. The van der Waals surface area contributed by atoms with E-state index in [1.165, 1.54) is 0 Å². The Hall–Kier alpha value is -0.209. The van der Waals surface area contributed by atoms with E-state index in [0.29, 0.717) is 0 Å². The first-order valence-corrected chi connectivity index (χ1v) is 11.4. The maximum absolute atomic E-state index is 3.92. The maximum Gasteiger partial charge on any atom is 0.198 e. The molecule has 80 valence electrons. The largest absolute Gasteiger partial charge is 0.346 e. The molecule has 0 aliphatic rings. The maximum atomic E-state index is 3.92. The van der Waals surface area contributed by atoms with Crippen LogP contribution >= 0.6 is 0 Å². The van der Waals surface area contributed by atoms with E-state index in [0.717, 1.165) is 0 Å². The van der Waals surface area contributed by atoms with E-state index in [-0.39, 0.29) is 0 Å². The third kappa shape index (κ3) is 4.34. The third-order valence-corrected chi connectivity index (χ3v) is 12.3. The molecule has 0 aromatic heterocycles. The fourth-order valence-electron chi connectivity index (χ4n) is 1.11. The van der Waals surface area contributed by atoms with Crippen molar-refractivity contribution in [3.8, 4) is 0 Å². The van der Waals surface area contributed by atoms with Crippen LogP contribution in [0.5, 0.6) is 0 Å². The highest BCUT2D eigenvalue weighted by Gasteiger charge is 2.18. The zero-order chi connectivity index (χ0) is 11.1. The Bertz CT molecular complexity index is 208. The van der Waals surface area contributed by atoms with Gasteiger partial charge in [-0.15, -0.1) is 19.7 Å². The van der Waals surface area contributed by atoms with Crippen molar-refractivity contribution in [1.29, 1.82) is 0 Å². The van der Waals surface area contributed by atoms with Crippen LogP contribution in [-0.2, 0) is 0 Å². The first-order valence-electron chi connectivity index (χ1n) is 4.92. The van der Waals surface area contributed by atoms with E-state index in [9.17, 15) is 0 Å². The second-order valence-electron chi connectivity index (χ2n) is 3.51. The van der Waals surface area contributed by atoms with Gasteiger partial charge in [0.05, 0.1) is 0 Å². The van der Waals surface area contributed by atoms with Gasteiger partial charge >= 0.3 is 0 Å². The quantitative estimate of drug-likeness (QED) is 0.658. The van der Waals surface area contributed by atoms with Crippen molar-refractivity contribution in [2.45, 2.75) is 13.1 Å². The van der Waals surface area contributed by atoms with Crippen molar-refractivity contribution in [2.24, 2.45) is 0 Å². The number of rotatable bonds is 7. The molecule has 0 fully saturated rings. The van der Waals surface area contributed by atoms with E-state index >= 15 is 0 Å².